The summed E-state index contributed by atoms with van der Waals surface area (Å²) in [6.07, 6.45) is 3.46. The summed E-state index contributed by atoms with van der Waals surface area (Å²) in [5, 5.41) is 3.05. The predicted molar refractivity (Wildman–Crippen MR) is 107 cm³/mol. The molecule has 1 atom stereocenters. The van der Waals surface area contributed by atoms with E-state index in [2.05, 4.69) is 34.5 Å². The fourth-order valence-electron chi connectivity index (χ4n) is 4.15. The van der Waals surface area contributed by atoms with E-state index in [4.69, 9.17) is 9.47 Å². The number of fused-ring (bicyclic) bond motifs is 1. The van der Waals surface area contributed by atoms with E-state index in [0.717, 1.165) is 43.5 Å². The molecule has 2 aromatic carbocycles. The van der Waals surface area contributed by atoms with Gasteiger partial charge in [-0.15, -0.1) is 0 Å². The SMILES string of the molecule is O=C(Nc1ccc2c(c1)OCO2)N1CCN(C2CC2)CC1Cc1ccccc1. The van der Waals surface area contributed by atoms with E-state index < -0.39 is 0 Å². The van der Waals surface area contributed by atoms with Crippen molar-refractivity contribution in [2.24, 2.45) is 0 Å². The average molecular weight is 379 g/mol. The smallest absolute Gasteiger partial charge is 0.322 e. The zero-order valence-corrected chi connectivity index (χ0v) is 15.8. The zero-order valence-electron chi connectivity index (χ0n) is 15.8. The second-order valence-electron chi connectivity index (χ2n) is 7.76. The molecular formula is C22H25N3O3. The number of nitrogens with one attached hydrogen (secondary N) is 1. The summed E-state index contributed by atoms with van der Waals surface area (Å²) in [4.78, 5) is 17.6. The maximum atomic E-state index is 13.1. The van der Waals surface area contributed by atoms with Crippen molar-refractivity contribution >= 4 is 11.7 Å². The minimum Gasteiger partial charge on any atom is -0.454 e. The van der Waals surface area contributed by atoms with Gasteiger partial charge in [0.05, 0.1) is 6.04 Å². The first-order valence-electron chi connectivity index (χ1n) is 10.0. The molecule has 1 N–H and O–H groups in total. The van der Waals surface area contributed by atoms with Crippen LogP contribution in [0.1, 0.15) is 18.4 Å². The molecule has 1 aliphatic carbocycles. The third-order valence-corrected chi connectivity index (χ3v) is 5.78. The first-order valence-corrected chi connectivity index (χ1v) is 10.0. The van der Waals surface area contributed by atoms with E-state index >= 15 is 0 Å². The quantitative estimate of drug-likeness (QED) is 0.885. The molecule has 0 spiro atoms. The van der Waals surface area contributed by atoms with Crippen molar-refractivity contribution in [1.82, 2.24) is 9.80 Å². The Morgan fingerprint density at radius 2 is 1.86 bits per heavy atom. The zero-order chi connectivity index (χ0) is 18.9. The molecule has 146 valence electrons. The van der Waals surface area contributed by atoms with E-state index in [9.17, 15) is 4.79 Å². The maximum absolute atomic E-state index is 13.1. The van der Waals surface area contributed by atoms with Gasteiger partial charge in [0.2, 0.25) is 6.79 Å². The minimum atomic E-state index is -0.0461. The van der Waals surface area contributed by atoms with Crippen molar-refractivity contribution in [3.8, 4) is 11.5 Å². The molecule has 0 aromatic heterocycles. The van der Waals surface area contributed by atoms with E-state index in [-0.39, 0.29) is 18.9 Å². The molecule has 1 saturated heterocycles. The summed E-state index contributed by atoms with van der Waals surface area (Å²) >= 11 is 0. The largest absolute Gasteiger partial charge is 0.454 e. The van der Waals surface area contributed by atoms with Gasteiger partial charge in [0.1, 0.15) is 0 Å². The van der Waals surface area contributed by atoms with Crippen LogP contribution in [-0.4, -0.2) is 54.3 Å². The molecule has 6 nitrogen and oxygen atoms in total. The lowest BCUT2D eigenvalue weighted by Crippen LogP contribution is -2.57. The van der Waals surface area contributed by atoms with Gasteiger partial charge in [-0.3, -0.25) is 4.90 Å². The van der Waals surface area contributed by atoms with Crippen molar-refractivity contribution in [2.45, 2.75) is 31.3 Å². The number of anilines is 1. The number of carbonyl (C=O) groups excluding carboxylic acids is 1. The van der Waals surface area contributed by atoms with Gasteiger partial charge in [0.15, 0.2) is 11.5 Å². The van der Waals surface area contributed by atoms with E-state index in [1.165, 1.54) is 18.4 Å². The molecule has 28 heavy (non-hydrogen) atoms. The minimum absolute atomic E-state index is 0.0461. The van der Waals surface area contributed by atoms with Crippen LogP contribution in [0.5, 0.6) is 11.5 Å². The molecule has 0 radical (unpaired) electrons. The molecule has 3 aliphatic rings. The van der Waals surface area contributed by atoms with Crippen LogP contribution >= 0.6 is 0 Å². The summed E-state index contributed by atoms with van der Waals surface area (Å²) < 4.78 is 10.8. The predicted octanol–water partition coefficient (Wildman–Crippen LogP) is 3.34. The number of nitrogens with zero attached hydrogens (tertiary/aromatic N) is 2. The lowest BCUT2D eigenvalue weighted by Gasteiger charge is -2.41. The fraction of sp³-hybridized carbons (Fsp3) is 0.409. The highest BCUT2D eigenvalue weighted by atomic mass is 16.7. The van der Waals surface area contributed by atoms with Gasteiger partial charge < -0.3 is 19.7 Å². The Bertz CT molecular complexity index is 853. The summed E-state index contributed by atoms with van der Waals surface area (Å²) in [5.41, 5.74) is 2.00. The van der Waals surface area contributed by atoms with Gasteiger partial charge >= 0.3 is 6.03 Å². The summed E-state index contributed by atoms with van der Waals surface area (Å²) in [5.74, 6) is 1.40. The third-order valence-electron chi connectivity index (χ3n) is 5.78. The molecule has 0 bridgehead atoms. The van der Waals surface area contributed by atoms with Gasteiger partial charge in [-0.25, -0.2) is 4.79 Å². The molecule has 2 aromatic rings. The number of benzene rings is 2. The maximum Gasteiger partial charge on any atom is 0.322 e. The van der Waals surface area contributed by atoms with Crippen molar-refractivity contribution in [3.05, 3.63) is 54.1 Å². The molecule has 2 fully saturated rings. The third kappa shape index (κ3) is 3.64. The normalized spacial score (nSPS) is 21.6. The van der Waals surface area contributed by atoms with E-state index in [1.807, 2.05) is 29.2 Å². The highest BCUT2D eigenvalue weighted by Gasteiger charge is 2.37. The molecular weight excluding hydrogens is 354 g/mol. The van der Waals surface area contributed by atoms with Gasteiger partial charge in [-0.1, -0.05) is 30.3 Å². The van der Waals surface area contributed by atoms with Crippen LogP contribution in [-0.2, 0) is 6.42 Å². The summed E-state index contributed by atoms with van der Waals surface area (Å²) in [6, 6.07) is 16.8. The highest BCUT2D eigenvalue weighted by Crippen LogP contribution is 2.34. The molecule has 1 unspecified atom stereocenters. The van der Waals surface area contributed by atoms with Gasteiger partial charge in [0, 0.05) is 37.4 Å². The lowest BCUT2D eigenvalue weighted by molar-refractivity contribution is 0.0954. The second-order valence-corrected chi connectivity index (χ2v) is 7.76. The van der Waals surface area contributed by atoms with Crippen LogP contribution in [0.3, 0.4) is 0 Å². The lowest BCUT2D eigenvalue weighted by atomic mass is 10.0. The van der Waals surface area contributed by atoms with E-state index in [0.29, 0.717) is 5.75 Å². The number of rotatable bonds is 4. The molecule has 2 amide bonds. The Balaban J connectivity index is 1.31. The van der Waals surface area contributed by atoms with E-state index in [1.54, 1.807) is 0 Å². The molecule has 5 rings (SSSR count). The number of urea groups is 1. The van der Waals surface area contributed by atoms with Crippen LogP contribution in [0.15, 0.2) is 48.5 Å². The van der Waals surface area contributed by atoms with Crippen molar-refractivity contribution in [2.75, 3.05) is 31.7 Å². The second kappa shape index (κ2) is 7.36. The van der Waals surface area contributed by atoms with Gasteiger partial charge in [0.25, 0.3) is 0 Å². The highest BCUT2D eigenvalue weighted by molar-refractivity contribution is 5.90. The Hall–Kier alpha value is -2.73. The monoisotopic (exact) mass is 379 g/mol. The summed E-state index contributed by atoms with van der Waals surface area (Å²) in [6.45, 7) is 2.87. The Morgan fingerprint density at radius 1 is 1.04 bits per heavy atom. The van der Waals surface area contributed by atoms with Gasteiger partial charge in [-0.2, -0.15) is 0 Å². The topological polar surface area (TPSA) is 54.0 Å². The number of carbonyl (C=O) groups is 1. The van der Waals surface area contributed by atoms with Gasteiger partial charge in [-0.05, 0) is 37.0 Å². The standard InChI is InChI=1S/C22H25N3O3/c26-22(23-17-6-9-20-21(13-17)28-15-27-20)25-11-10-24(18-7-8-18)14-19(25)12-16-4-2-1-3-5-16/h1-6,9,13,18-19H,7-8,10-12,14-15H2,(H,23,26). The Kier molecular flexibility index (Phi) is 4.56. The Morgan fingerprint density at radius 3 is 2.68 bits per heavy atom. The first-order chi connectivity index (χ1) is 13.8. The van der Waals surface area contributed by atoms with Crippen LogP contribution < -0.4 is 14.8 Å². The van der Waals surface area contributed by atoms with Crippen LogP contribution in [0.25, 0.3) is 0 Å². The molecule has 2 heterocycles. The summed E-state index contributed by atoms with van der Waals surface area (Å²) in [7, 11) is 0. The molecule has 6 heteroatoms. The van der Waals surface area contributed by atoms with Crippen molar-refractivity contribution in [1.29, 1.82) is 0 Å². The fourth-order valence-corrected chi connectivity index (χ4v) is 4.15. The average Bonchev–Trinajstić information content (AvgIpc) is 3.46. The molecule has 2 aliphatic heterocycles. The van der Waals surface area contributed by atoms with Crippen LogP contribution in [0.4, 0.5) is 10.5 Å². The van der Waals surface area contributed by atoms with Crippen LogP contribution in [0, 0.1) is 0 Å². The Labute approximate surface area is 165 Å². The first kappa shape index (κ1) is 17.4. The van der Waals surface area contributed by atoms with Crippen molar-refractivity contribution in [3.63, 3.8) is 0 Å². The number of amides is 2. The number of piperazine rings is 1. The number of ether oxygens (including phenoxy) is 2. The number of hydrogen-bond donors (Lipinski definition) is 1. The van der Waals surface area contributed by atoms with Crippen LogP contribution in [0.2, 0.25) is 0 Å². The van der Waals surface area contributed by atoms with Crippen molar-refractivity contribution < 1.29 is 14.3 Å². The molecule has 1 saturated carbocycles. The number of hydrogen-bond acceptors (Lipinski definition) is 4.